The average molecular weight is 260 g/mol. The first kappa shape index (κ1) is 16.4. The van der Waals surface area contributed by atoms with Crippen LogP contribution in [0.25, 0.3) is 0 Å². The van der Waals surface area contributed by atoms with Crippen molar-refractivity contribution in [2.45, 2.75) is 44.8 Å². The van der Waals surface area contributed by atoms with Crippen LogP contribution in [0.5, 0.6) is 0 Å². The monoisotopic (exact) mass is 260 g/mol. The first-order valence-electron chi connectivity index (χ1n) is 5.64. The second kappa shape index (κ2) is 6.95. The summed E-state index contributed by atoms with van der Waals surface area (Å²) in [6.45, 7) is 3.32. The second-order valence-electron chi connectivity index (χ2n) is 4.16. The molecule has 0 rings (SSSR count). The molecule has 0 saturated carbocycles. The van der Waals surface area contributed by atoms with Crippen molar-refractivity contribution in [2.75, 3.05) is 7.11 Å². The van der Waals surface area contributed by atoms with Gasteiger partial charge in [0.15, 0.2) is 0 Å². The van der Waals surface area contributed by atoms with Crippen molar-refractivity contribution in [1.82, 2.24) is 5.32 Å². The molecule has 0 saturated heterocycles. The van der Waals surface area contributed by atoms with Gasteiger partial charge in [-0.1, -0.05) is 6.92 Å². The Morgan fingerprint density at radius 3 is 2.33 bits per heavy atom. The molecule has 7 nitrogen and oxygen atoms in total. The number of methoxy groups -OCH3 is 1. The normalized spacial score (nSPS) is 15.5. The first-order valence-corrected chi connectivity index (χ1v) is 5.64. The van der Waals surface area contributed by atoms with Gasteiger partial charge in [-0.3, -0.25) is 9.59 Å². The van der Waals surface area contributed by atoms with Crippen molar-refractivity contribution in [3.63, 3.8) is 0 Å². The quantitative estimate of drug-likeness (QED) is 0.550. The highest BCUT2D eigenvalue weighted by atomic mass is 16.5. The van der Waals surface area contributed by atoms with E-state index in [4.69, 9.17) is 15.6 Å². The molecule has 0 aliphatic rings. The summed E-state index contributed by atoms with van der Waals surface area (Å²) in [5, 5.41) is 11.3. The Bertz CT molecular complexity index is 325. The third-order valence-corrected chi connectivity index (χ3v) is 2.89. The SMILES string of the molecule is CCC(C)(OC)C(=O)NC(CCC(N)=O)C(=O)O. The molecule has 2 amide bonds. The van der Waals surface area contributed by atoms with E-state index in [-0.39, 0.29) is 12.8 Å². The Morgan fingerprint density at radius 1 is 1.44 bits per heavy atom. The average Bonchev–Trinajstić information content (AvgIpc) is 2.32. The Labute approximate surface area is 106 Å². The molecule has 0 bridgehead atoms. The Kier molecular flexibility index (Phi) is 6.32. The first-order chi connectivity index (χ1) is 8.26. The molecule has 0 aromatic carbocycles. The van der Waals surface area contributed by atoms with Crippen LogP contribution in [0, 0.1) is 0 Å². The van der Waals surface area contributed by atoms with Gasteiger partial charge >= 0.3 is 5.97 Å². The van der Waals surface area contributed by atoms with Gasteiger partial charge in [0.05, 0.1) is 0 Å². The van der Waals surface area contributed by atoms with Crippen LogP contribution >= 0.6 is 0 Å². The van der Waals surface area contributed by atoms with Gasteiger partial charge in [-0.2, -0.15) is 0 Å². The van der Waals surface area contributed by atoms with E-state index < -0.39 is 29.4 Å². The van der Waals surface area contributed by atoms with Gasteiger partial charge in [0.25, 0.3) is 5.91 Å². The van der Waals surface area contributed by atoms with Gasteiger partial charge in [0.1, 0.15) is 11.6 Å². The van der Waals surface area contributed by atoms with E-state index in [2.05, 4.69) is 5.32 Å². The lowest BCUT2D eigenvalue weighted by molar-refractivity contribution is -0.149. The van der Waals surface area contributed by atoms with Gasteiger partial charge in [-0.25, -0.2) is 4.79 Å². The lowest BCUT2D eigenvalue weighted by Crippen LogP contribution is -2.51. The number of primary amides is 1. The number of ether oxygens (including phenoxy) is 1. The summed E-state index contributed by atoms with van der Waals surface area (Å²) in [7, 11) is 1.38. The predicted molar refractivity (Wildman–Crippen MR) is 63.7 cm³/mol. The number of hydrogen-bond donors (Lipinski definition) is 3. The molecule has 0 fully saturated rings. The fourth-order valence-corrected chi connectivity index (χ4v) is 1.25. The van der Waals surface area contributed by atoms with Crippen molar-refractivity contribution in [3.8, 4) is 0 Å². The van der Waals surface area contributed by atoms with Gasteiger partial charge in [0.2, 0.25) is 5.91 Å². The number of rotatable bonds is 8. The molecule has 0 radical (unpaired) electrons. The molecule has 18 heavy (non-hydrogen) atoms. The largest absolute Gasteiger partial charge is 0.480 e. The van der Waals surface area contributed by atoms with Crippen molar-refractivity contribution in [3.05, 3.63) is 0 Å². The van der Waals surface area contributed by atoms with Crippen molar-refractivity contribution >= 4 is 17.8 Å². The Morgan fingerprint density at radius 2 is 2.00 bits per heavy atom. The number of carboxylic acids is 1. The zero-order valence-electron chi connectivity index (χ0n) is 10.9. The topological polar surface area (TPSA) is 119 Å². The van der Waals surface area contributed by atoms with Crippen LogP contribution in [0.2, 0.25) is 0 Å². The highest BCUT2D eigenvalue weighted by Crippen LogP contribution is 2.14. The van der Waals surface area contributed by atoms with Crippen LogP contribution < -0.4 is 11.1 Å². The highest BCUT2D eigenvalue weighted by molar-refractivity contribution is 5.89. The van der Waals surface area contributed by atoms with Gasteiger partial charge in [-0.05, 0) is 19.8 Å². The maximum atomic E-state index is 11.9. The van der Waals surface area contributed by atoms with Crippen LogP contribution in [0.3, 0.4) is 0 Å². The van der Waals surface area contributed by atoms with Crippen LogP contribution in [0.15, 0.2) is 0 Å². The molecule has 0 aliphatic heterocycles. The standard InChI is InChI=1S/C11H20N2O5/c1-4-11(2,18-3)10(17)13-7(9(15)16)5-6-8(12)14/h7H,4-6H2,1-3H3,(H2,12,14)(H,13,17)(H,15,16). The summed E-state index contributed by atoms with van der Waals surface area (Å²) in [5.74, 6) is -2.34. The second-order valence-corrected chi connectivity index (χ2v) is 4.16. The molecule has 0 aromatic rings. The summed E-state index contributed by atoms with van der Waals surface area (Å²) < 4.78 is 5.06. The predicted octanol–water partition coefficient (Wildman–Crippen LogP) is -0.364. The van der Waals surface area contributed by atoms with Gasteiger partial charge in [-0.15, -0.1) is 0 Å². The van der Waals surface area contributed by atoms with Crippen molar-refractivity contribution < 1.29 is 24.2 Å². The molecule has 0 aromatic heterocycles. The maximum Gasteiger partial charge on any atom is 0.326 e. The van der Waals surface area contributed by atoms with Crippen LogP contribution in [-0.4, -0.2) is 41.6 Å². The van der Waals surface area contributed by atoms with E-state index in [1.165, 1.54) is 7.11 Å². The molecule has 7 heteroatoms. The van der Waals surface area contributed by atoms with E-state index in [0.29, 0.717) is 6.42 Å². The lowest BCUT2D eigenvalue weighted by Gasteiger charge is -2.27. The summed E-state index contributed by atoms with van der Waals surface area (Å²) >= 11 is 0. The van der Waals surface area contributed by atoms with Crippen LogP contribution in [0.1, 0.15) is 33.1 Å². The number of aliphatic carboxylic acids is 1. The fraction of sp³-hybridized carbons (Fsp3) is 0.727. The Balaban J connectivity index is 4.63. The third kappa shape index (κ3) is 4.70. The smallest absolute Gasteiger partial charge is 0.326 e. The molecule has 2 atom stereocenters. The van der Waals surface area contributed by atoms with Crippen LogP contribution in [-0.2, 0) is 19.1 Å². The van der Waals surface area contributed by atoms with E-state index in [0.717, 1.165) is 0 Å². The highest BCUT2D eigenvalue weighted by Gasteiger charge is 2.33. The molecule has 104 valence electrons. The number of amides is 2. The van der Waals surface area contributed by atoms with Crippen molar-refractivity contribution in [1.29, 1.82) is 0 Å². The van der Waals surface area contributed by atoms with E-state index in [9.17, 15) is 14.4 Å². The molecule has 0 spiro atoms. The molecular formula is C11H20N2O5. The van der Waals surface area contributed by atoms with Crippen LogP contribution in [0.4, 0.5) is 0 Å². The van der Waals surface area contributed by atoms with E-state index >= 15 is 0 Å². The minimum absolute atomic E-state index is 0.0418. The zero-order valence-corrected chi connectivity index (χ0v) is 10.9. The maximum absolute atomic E-state index is 11.9. The fourth-order valence-electron chi connectivity index (χ4n) is 1.25. The molecular weight excluding hydrogens is 240 g/mol. The number of nitrogens with one attached hydrogen (secondary N) is 1. The zero-order chi connectivity index (χ0) is 14.3. The minimum Gasteiger partial charge on any atom is -0.480 e. The Hall–Kier alpha value is -1.63. The van der Waals surface area contributed by atoms with Gasteiger partial charge < -0.3 is 20.9 Å². The summed E-state index contributed by atoms with van der Waals surface area (Å²) in [6, 6.07) is -1.15. The van der Waals surface area contributed by atoms with Crippen molar-refractivity contribution in [2.24, 2.45) is 5.73 Å². The molecule has 2 unspecified atom stereocenters. The molecule has 0 aliphatic carbocycles. The van der Waals surface area contributed by atoms with E-state index in [1.807, 2.05) is 0 Å². The summed E-state index contributed by atoms with van der Waals surface area (Å²) in [6.07, 6.45) is 0.254. The van der Waals surface area contributed by atoms with Gasteiger partial charge in [0, 0.05) is 13.5 Å². The van der Waals surface area contributed by atoms with E-state index in [1.54, 1.807) is 13.8 Å². The summed E-state index contributed by atoms with van der Waals surface area (Å²) in [5.41, 5.74) is 3.86. The number of nitrogens with two attached hydrogens (primary N) is 1. The minimum atomic E-state index is -1.21. The molecule has 0 heterocycles. The number of hydrogen-bond acceptors (Lipinski definition) is 4. The lowest BCUT2D eigenvalue weighted by atomic mass is 10.0. The summed E-state index contributed by atoms with van der Waals surface area (Å²) in [4.78, 5) is 33.4. The number of carbonyl (C=O) groups is 3. The number of carboxylic acid groups (broad SMARTS) is 1. The molecule has 4 N–H and O–H groups in total. The third-order valence-electron chi connectivity index (χ3n) is 2.89. The number of carbonyl (C=O) groups excluding carboxylic acids is 2.